The van der Waals surface area contributed by atoms with Crippen molar-refractivity contribution in [1.29, 1.82) is 0 Å². The highest BCUT2D eigenvalue weighted by atomic mass is 35.5. The molecule has 5 heteroatoms. The monoisotopic (exact) mass is 302 g/mol. The molecule has 0 aromatic heterocycles. The molecule has 2 aromatic carbocycles. The van der Waals surface area contributed by atoms with Crippen LogP contribution in [-0.4, -0.2) is 5.91 Å². The molecule has 0 fully saturated rings. The number of hydrogen-bond donors (Lipinski definition) is 2. The Morgan fingerprint density at radius 3 is 2.81 bits per heavy atom. The van der Waals surface area contributed by atoms with Crippen molar-refractivity contribution in [2.24, 2.45) is 0 Å². The van der Waals surface area contributed by atoms with Crippen LogP contribution in [0.4, 0.5) is 11.4 Å². The van der Waals surface area contributed by atoms with Gasteiger partial charge in [-0.05, 0) is 48.7 Å². The molecule has 1 aliphatic rings. The van der Waals surface area contributed by atoms with E-state index in [1.165, 1.54) is 0 Å². The summed E-state index contributed by atoms with van der Waals surface area (Å²) in [6.07, 6.45) is 1.19. The lowest BCUT2D eigenvalue weighted by Crippen LogP contribution is -2.19. The van der Waals surface area contributed by atoms with Gasteiger partial charge in [-0.15, -0.1) is 0 Å². The lowest BCUT2D eigenvalue weighted by molar-refractivity contribution is -0.116. The van der Waals surface area contributed by atoms with Gasteiger partial charge in [0.2, 0.25) is 5.91 Å². The maximum Gasteiger partial charge on any atom is 0.224 e. The quantitative estimate of drug-likeness (QED) is 0.827. The summed E-state index contributed by atoms with van der Waals surface area (Å²) in [5, 5.41) is 3.53. The third-order valence-electron chi connectivity index (χ3n) is 3.49. The Morgan fingerprint density at radius 1 is 1.24 bits per heavy atom. The second-order valence-corrected chi connectivity index (χ2v) is 5.52. The number of nitrogen functional groups attached to an aromatic ring is 1. The summed E-state index contributed by atoms with van der Waals surface area (Å²) >= 11 is 6.00. The number of aryl methyl sites for hydroxylation is 2. The van der Waals surface area contributed by atoms with Crippen LogP contribution in [0, 0.1) is 6.92 Å². The van der Waals surface area contributed by atoms with Crippen LogP contribution in [0.15, 0.2) is 30.3 Å². The van der Waals surface area contributed by atoms with Gasteiger partial charge in [-0.2, -0.15) is 0 Å². The maximum atomic E-state index is 11.5. The zero-order chi connectivity index (χ0) is 15.0. The van der Waals surface area contributed by atoms with Gasteiger partial charge in [-0.25, -0.2) is 0 Å². The van der Waals surface area contributed by atoms with Crippen molar-refractivity contribution in [3.05, 3.63) is 46.5 Å². The highest BCUT2D eigenvalue weighted by molar-refractivity contribution is 6.31. The summed E-state index contributed by atoms with van der Waals surface area (Å²) in [4.78, 5) is 11.5. The molecule has 2 aromatic rings. The van der Waals surface area contributed by atoms with Crippen molar-refractivity contribution in [1.82, 2.24) is 0 Å². The first kappa shape index (κ1) is 13.8. The van der Waals surface area contributed by atoms with E-state index in [9.17, 15) is 4.79 Å². The largest absolute Gasteiger partial charge is 0.455 e. The second-order valence-electron chi connectivity index (χ2n) is 5.11. The smallest absolute Gasteiger partial charge is 0.224 e. The van der Waals surface area contributed by atoms with Crippen LogP contribution in [0.5, 0.6) is 11.5 Å². The summed E-state index contributed by atoms with van der Waals surface area (Å²) < 4.78 is 5.81. The molecule has 21 heavy (non-hydrogen) atoms. The number of ether oxygens (including phenoxy) is 1. The Morgan fingerprint density at radius 2 is 2.05 bits per heavy atom. The van der Waals surface area contributed by atoms with Gasteiger partial charge in [0.05, 0.1) is 5.69 Å². The van der Waals surface area contributed by atoms with E-state index >= 15 is 0 Å². The Labute approximate surface area is 127 Å². The standard InChI is InChI=1S/C16H15ClN2O2/c1-9-6-11(3-4-12(9)17)21-15-8-14-10(7-13(15)18)2-5-16(20)19-14/h3-4,6-8H,2,5,18H2,1H3,(H,19,20). The average Bonchev–Trinajstić information content (AvgIpc) is 2.44. The lowest BCUT2D eigenvalue weighted by atomic mass is 10.0. The average molecular weight is 303 g/mol. The molecule has 1 heterocycles. The minimum absolute atomic E-state index is 0.0144. The molecule has 1 aliphatic heterocycles. The second kappa shape index (κ2) is 5.30. The minimum atomic E-state index is 0.0144. The summed E-state index contributed by atoms with van der Waals surface area (Å²) in [6.45, 7) is 1.91. The molecule has 0 saturated heterocycles. The van der Waals surface area contributed by atoms with Crippen molar-refractivity contribution >= 4 is 28.9 Å². The molecule has 1 amide bonds. The molecule has 0 saturated carbocycles. The number of anilines is 2. The number of fused-ring (bicyclic) bond motifs is 1. The molecular weight excluding hydrogens is 288 g/mol. The molecular formula is C16H15ClN2O2. The van der Waals surface area contributed by atoms with E-state index < -0.39 is 0 Å². The van der Waals surface area contributed by atoms with Crippen LogP contribution >= 0.6 is 11.6 Å². The number of hydrogen-bond acceptors (Lipinski definition) is 3. The fraction of sp³-hybridized carbons (Fsp3) is 0.188. The van der Waals surface area contributed by atoms with Gasteiger partial charge >= 0.3 is 0 Å². The molecule has 0 aliphatic carbocycles. The highest BCUT2D eigenvalue weighted by Gasteiger charge is 2.17. The topological polar surface area (TPSA) is 64.3 Å². The van der Waals surface area contributed by atoms with Crippen LogP contribution in [0.1, 0.15) is 17.5 Å². The maximum absolute atomic E-state index is 11.5. The van der Waals surface area contributed by atoms with E-state index in [2.05, 4.69) is 5.32 Å². The van der Waals surface area contributed by atoms with E-state index in [1.54, 1.807) is 18.2 Å². The van der Waals surface area contributed by atoms with Gasteiger partial charge in [0.25, 0.3) is 0 Å². The lowest BCUT2D eigenvalue weighted by Gasteiger charge is -2.19. The van der Waals surface area contributed by atoms with E-state index in [4.69, 9.17) is 22.1 Å². The Balaban J connectivity index is 1.93. The molecule has 3 rings (SSSR count). The highest BCUT2D eigenvalue weighted by Crippen LogP contribution is 2.35. The molecule has 4 nitrogen and oxygen atoms in total. The summed E-state index contributed by atoms with van der Waals surface area (Å²) in [5.74, 6) is 1.20. The van der Waals surface area contributed by atoms with Gasteiger partial charge < -0.3 is 15.8 Å². The number of halogens is 1. The zero-order valence-electron chi connectivity index (χ0n) is 11.6. The Hall–Kier alpha value is -2.20. The summed E-state index contributed by atoms with van der Waals surface area (Å²) in [7, 11) is 0. The molecule has 0 radical (unpaired) electrons. The summed E-state index contributed by atoms with van der Waals surface area (Å²) in [6, 6.07) is 9.04. The first-order valence-electron chi connectivity index (χ1n) is 6.69. The molecule has 0 bridgehead atoms. The van der Waals surface area contributed by atoms with Gasteiger partial charge in [-0.1, -0.05) is 11.6 Å². The fourth-order valence-corrected chi connectivity index (χ4v) is 2.44. The Bertz CT molecular complexity index is 728. The first-order chi connectivity index (χ1) is 10.0. The predicted molar refractivity (Wildman–Crippen MR) is 84.1 cm³/mol. The number of nitrogens with two attached hydrogens (primary N) is 1. The summed E-state index contributed by atoms with van der Waals surface area (Å²) in [5.41, 5.74) is 9.31. The van der Waals surface area contributed by atoms with Crippen LogP contribution in [0.3, 0.4) is 0 Å². The predicted octanol–water partition coefficient (Wildman–Crippen LogP) is 3.91. The van der Waals surface area contributed by atoms with Crippen molar-refractivity contribution in [2.45, 2.75) is 19.8 Å². The Kier molecular flexibility index (Phi) is 3.47. The molecule has 0 unspecified atom stereocenters. The molecule has 0 atom stereocenters. The first-order valence-corrected chi connectivity index (χ1v) is 7.07. The van der Waals surface area contributed by atoms with Gasteiger partial charge in [0.15, 0.2) is 5.75 Å². The van der Waals surface area contributed by atoms with Crippen LogP contribution in [0.2, 0.25) is 5.02 Å². The third kappa shape index (κ3) is 2.81. The van der Waals surface area contributed by atoms with Gasteiger partial charge in [0, 0.05) is 23.2 Å². The van der Waals surface area contributed by atoms with Crippen LogP contribution in [-0.2, 0) is 11.2 Å². The number of amides is 1. The zero-order valence-corrected chi connectivity index (χ0v) is 12.3. The fourth-order valence-electron chi connectivity index (χ4n) is 2.32. The van der Waals surface area contributed by atoms with Crippen molar-refractivity contribution < 1.29 is 9.53 Å². The van der Waals surface area contributed by atoms with E-state index in [0.29, 0.717) is 35.1 Å². The minimum Gasteiger partial charge on any atom is -0.455 e. The third-order valence-corrected chi connectivity index (χ3v) is 3.91. The van der Waals surface area contributed by atoms with Crippen molar-refractivity contribution in [2.75, 3.05) is 11.1 Å². The number of carbonyl (C=O) groups excluding carboxylic acids is 1. The molecule has 0 spiro atoms. The van der Waals surface area contributed by atoms with Crippen molar-refractivity contribution in [3.63, 3.8) is 0 Å². The van der Waals surface area contributed by atoms with E-state index in [0.717, 1.165) is 16.8 Å². The van der Waals surface area contributed by atoms with E-state index in [1.807, 2.05) is 19.1 Å². The van der Waals surface area contributed by atoms with Crippen molar-refractivity contribution in [3.8, 4) is 11.5 Å². The van der Waals surface area contributed by atoms with E-state index in [-0.39, 0.29) is 5.91 Å². The number of carbonyl (C=O) groups is 1. The SMILES string of the molecule is Cc1cc(Oc2cc3c(cc2N)CCC(=O)N3)ccc1Cl. The molecule has 108 valence electrons. The number of benzene rings is 2. The van der Waals surface area contributed by atoms with Gasteiger partial charge in [0.1, 0.15) is 5.75 Å². The number of rotatable bonds is 2. The normalized spacial score (nSPS) is 13.5. The van der Waals surface area contributed by atoms with Crippen LogP contribution < -0.4 is 15.8 Å². The number of nitrogens with one attached hydrogen (secondary N) is 1. The molecule has 3 N–H and O–H groups in total. The van der Waals surface area contributed by atoms with Gasteiger partial charge in [-0.3, -0.25) is 4.79 Å². The van der Waals surface area contributed by atoms with Crippen LogP contribution in [0.25, 0.3) is 0 Å².